The molecule has 2 aliphatic heterocycles. The number of benzene rings is 2. The van der Waals surface area contributed by atoms with Crippen molar-refractivity contribution in [3.63, 3.8) is 0 Å². The van der Waals surface area contributed by atoms with E-state index in [1.807, 2.05) is 0 Å². The molecule has 15 heteroatoms. The SMILES string of the molecule is C=CC(=O)N1CC2C(=O)N(C)c3c(Cl)c(-c4c(N)c(Cl)cc(Cl)c4F)c(F)c(Nc4c(C)ccnc4C(C)O)c3C(=N)N2CC1C. The summed E-state index contributed by atoms with van der Waals surface area (Å²) in [7, 11) is 1.38. The zero-order valence-corrected chi connectivity index (χ0v) is 27.5. The van der Waals surface area contributed by atoms with Crippen molar-refractivity contribution in [1.82, 2.24) is 14.8 Å². The smallest absolute Gasteiger partial charge is 0.251 e. The standard InChI is InChI=1S/C31H30Cl3F2N7O3/c1-6-18(45)42-11-17-31(46)41(5)29-21(30(38)43(17)10-13(42)3)28(40-26-12(2)7-8-39-27(26)14(4)44)24(36)19(22(29)34)20-23(35)15(32)9-16(33)25(20)37/h6-9,13-14,17,38,40,44H,1,10-11,37H2,2-5H3. The number of nitrogens with two attached hydrogens (primary N) is 1. The number of likely N-dealkylation sites (N-methyl/N-ethyl adjacent to an activating group) is 1. The molecule has 1 fully saturated rings. The number of hydrogen-bond acceptors (Lipinski definition) is 7. The van der Waals surface area contributed by atoms with Gasteiger partial charge in [-0.2, -0.15) is 0 Å². The average molecular weight is 693 g/mol. The molecular formula is C31H30Cl3F2N7O3. The van der Waals surface area contributed by atoms with Crippen molar-refractivity contribution in [1.29, 1.82) is 5.41 Å². The predicted octanol–water partition coefficient (Wildman–Crippen LogP) is 6.06. The molecule has 10 nitrogen and oxygen atoms in total. The van der Waals surface area contributed by atoms with Crippen molar-refractivity contribution in [2.45, 2.75) is 39.0 Å². The number of anilines is 4. The van der Waals surface area contributed by atoms with Gasteiger partial charge in [0.2, 0.25) is 5.91 Å². The summed E-state index contributed by atoms with van der Waals surface area (Å²) in [6.45, 7) is 8.42. The van der Waals surface area contributed by atoms with Gasteiger partial charge < -0.3 is 30.9 Å². The van der Waals surface area contributed by atoms with E-state index in [-0.39, 0.29) is 58.0 Å². The topological polar surface area (TPSA) is 139 Å². The maximum Gasteiger partial charge on any atom is 0.251 e. The minimum atomic E-state index is -1.13. The Bertz CT molecular complexity index is 1810. The third kappa shape index (κ3) is 5.23. The van der Waals surface area contributed by atoms with Crippen LogP contribution in [-0.2, 0) is 9.59 Å². The molecule has 1 saturated heterocycles. The number of nitrogens with one attached hydrogen (secondary N) is 2. The van der Waals surface area contributed by atoms with Crippen molar-refractivity contribution in [2.24, 2.45) is 0 Å². The fraction of sp³-hybridized carbons (Fsp3) is 0.290. The van der Waals surface area contributed by atoms with Crippen LogP contribution in [0.5, 0.6) is 0 Å². The number of hydrogen-bond donors (Lipinski definition) is 4. The van der Waals surface area contributed by atoms with Crippen molar-refractivity contribution >= 4 is 75.2 Å². The number of carbonyl (C=O) groups is 2. The van der Waals surface area contributed by atoms with Crippen LogP contribution in [0.15, 0.2) is 31.0 Å². The molecule has 3 unspecified atom stereocenters. The number of amidine groups is 1. The van der Waals surface area contributed by atoms with Crippen LogP contribution < -0.4 is 16.0 Å². The van der Waals surface area contributed by atoms with Crippen LogP contribution in [0.3, 0.4) is 0 Å². The van der Waals surface area contributed by atoms with Crippen LogP contribution in [0.1, 0.15) is 36.8 Å². The Labute approximate surface area is 278 Å². The number of aryl methyl sites for hydroxylation is 1. The number of aliphatic hydroxyl groups excluding tert-OH is 1. The Morgan fingerprint density at radius 2 is 1.87 bits per heavy atom. The van der Waals surface area contributed by atoms with E-state index in [1.165, 1.54) is 30.0 Å². The number of pyridine rings is 1. The highest BCUT2D eigenvalue weighted by Gasteiger charge is 2.46. The molecule has 0 aliphatic carbocycles. The van der Waals surface area contributed by atoms with Gasteiger partial charge in [-0.05, 0) is 44.5 Å². The van der Waals surface area contributed by atoms with Gasteiger partial charge in [0.05, 0.1) is 61.7 Å². The van der Waals surface area contributed by atoms with E-state index < -0.39 is 62.8 Å². The second-order valence-electron chi connectivity index (χ2n) is 11.2. The normalized spacial score (nSPS) is 18.6. The Balaban J connectivity index is 1.88. The highest BCUT2D eigenvalue weighted by atomic mass is 35.5. The van der Waals surface area contributed by atoms with Crippen LogP contribution in [-0.4, -0.2) is 69.8 Å². The number of fused-ring (bicyclic) bond motifs is 2. The number of nitrogen functional groups attached to an aromatic ring is 1. The van der Waals surface area contributed by atoms with E-state index >= 15 is 8.78 Å². The van der Waals surface area contributed by atoms with Crippen molar-refractivity contribution < 1.29 is 23.5 Å². The maximum absolute atomic E-state index is 17.2. The quantitative estimate of drug-likeness (QED) is 0.145. The first kappa shape index (κ1) is 33.4. The second-order valence-corrected chi connectivity index (χ2v) is 12.4. The van der Waals surface area contributed by atoms with Crippen LogP contribution in [0.25, 0.3) is 11.1 Å². The molecule has 46 heavy (non-hydrogen) atoms. The summed E-state index contributed by atoms with van der Waals surface area (Å²) in [6.07, 6.45) is 1.52. The molecule has 0 bridgehead atoms. The van der Waals surface area contributed by atoms with E-state index in [2.05, 4.69) is 16.9 Å². The van der Waals surface area contributed by atoms with Gasteiger partial charge in [-0.1, -0.05) is 41.4 Å². The van der Waals surface area contributed by atoms with E-state index in [9.17, 15) is 20.1 Å². The lowest BCUT2D eigenvalue weighted by Crippen LogP contribution is -2.63. The molecule has 2 amide bonds. The van der Waals surface area contributed by atoms with Gasteiger partial charge >= 0.3 is 0 Å². The molecule has 242 valence electrons. The summed E-state index contributed by atoms with van der Waals surface area (Å²) < 4.78 is 32.9. The minimum absolute atomic E-state index is 0.0405. The van der Waals surface area contributed by atoms with Gasteiger partial charge in [-0.15, -0.1) is 0 Å². The van der Waals surface area contributed by atoms with Crippen LogP contribution in [0, 0.1) is 24.0 Å². The summed E-state index contributed by atoms with van der Waals surface area (Å²) in [6, 6.07) is 1.18. The van der Waals surface area contributed by atoms with E-state index in [0.717, 1.165) is 17.0 Å². The molecule has 1 aromatic heterocycles. The van der Waals surface area contributed by atoms with Crippen molar-refractivity contribution in [3.8, 4) is 11.1 Å². The van der Waals surface area contributed by atoms with E-state index in [0.29, 0.717) is 5.56 Å². The number of rotatable bonds is 5. The Morgan fingerprint density at radius 1 is 1.20 bits per heavy atom. The number of halogens is 5. The minimum Gasteiger partial charge on any atom is -0.397 e. The molecule has 0 saturated carbocycles. The summed E-state index contributed by atoms with van der Waals surface area (Å²) in [4.78, 5) is 35.1. The first-order valence-corrected chi connectivity index (χ1v) is 15.2. The molecule has 2 aromatic carbocycles. The Kier molecular flexibility index (Phi) is 8.95. The van der Waals surface area contributed by atoms with Gasteiger partial charge in [-0.25, -0.2) is 8.78 Å². The largest absolute Gasteiger partial charge is 0.397 e. The van der Waals surface area contributed by atoms with Gasteiger partial charge in [-0.3, -0.25) is 20.0 Å². The fourth-order valence-corrected chi connectivity index (χ4v) is 6.79. The lowest BCUT2D eigenvalue weighted by molar-refractivity contribution is -0.134. The molecule has 0 spiro atoms. The van der Waals surface area contributed by atoms with Crippen LogP contribution in [0.2, 0.25) is 15.1 Å². The first-order chi connectivity index (χ1) is 21.6. The zero-order valence-electron chi connectivity index (χ0n) is 25.2. The fourth-order valence-electron chi connectivity index (χ4n) is 5.93. The molecule has 3 aromatic rings. The van der Waals surface area contributed by atoms with Crippen molar-refractivity contribution in [2.75, 3.05) is 36.1 Å². The zero-order chi connectivity index (χ0) is 33.9. The van der Waals surface area contributed by atoms with Gasteiger partial charge in [0.15, 0.2) is 11.6 Å². The molecule has 3 atom stereocenters. The van der Waals surface area contributed by atoms with Crippen LogP contribution in [0.4, 0.5) is 31.5 Å². The molecule has 0 radical (unpaired) electrons. The third-order valence-electron chi connectivity index (χ3n) is 8.32. The molecule has 2 aliphatic rings. The maximum atomic E-state index is 17.2. The third-order valence-corrected chi connectivity index (χ3v) is 9.27. The molecule has 5 N–H and O–H groups in total. The summed E-state index contributed by atoms with van der Waals surface area (Å²) in [5, 5.41) is 21.8. The van der Waals surface area contributed by atoms with E-state index in [1.54, 1.807) is 19.9 Å². The molecule has 3 heterocycles. The monoisotopic (exact) mass is 691 g/mol. The number of nitrogens with zero attached hydrogens (tertiary/aromatic N) is 4. The Hall–Kier alpha value is -3.97. The Morgan fingerprint density at radius 3 is 2.50 bits per heavy atom. The lowest BCUT2D eigenvalue weighted by Gasteiger charge is -2.44. The van der Waals surface area contributed by atoms with E-state index in [4.69, 9.17) is 40.5 Å². The highest BCUT2D eigenvalue weighted by Crippen LogP contribution is 2.51. The van der Waals surface area contributed by atoms with Crippen molar-refractivity contribution in [3.05, 3.63) is 74.5 Å². The first-order valence-electron chi connectivity index (χ1n) is 14.1. The lowest BCUT2D eigenvalue weighted by atomic mass is 9.95. The van der Waals surface area contributed by atoms with Gasteiger partial charge in [0.25, 0.3) is 5.91 Å². The number of aliphatic hydroxyl groups is 1. The summed E-state index contributed by atoms with van der Waals surface area (Å²) in [5.41, 5.74) is 5.00. The summed E-state index contributed by atoms with van der Waals surface area (Å²) >= 11 is 19.3. The number of carbonyl (C=O) groups excluding carboxylic acids is 2. The number of amides is 2. The average Bonchev–Trinajstić information content (AvgIpc) is 3.08. The summed E-state index contributed by atoms with van der Waals surface area (Å²) in [5.74, 6) is -3.50. The highest BCUT2D eigenvalue weighted by molar-refractivity contribution is 6.40. The number of aromatic nitrogens is 1. The molecular weight excluding hydrogens is 663 g/mol. The predicted molar refractivity (Wildman–Crippen MR) is 176 cm³/mol. The molecule has 5 rings (SSSR count). The number of piperazine rings is 1. The second kappa shape index (κ2) is 12.3. The van der Waals surface area contributed by atoms with Gasteiger partial charge in [0.1, 0.15) is 11.9 Å². The van der Waals surface area contributed by atoms with Gasteiger partial charge in [0, 0.05) is 37.0 Å². The van der Waals surface area contributed by atoms with Crippen LogP contribution >= 0.6 is 34.8 Å².